The molecule has 114 valence electrons. The predicted molar refractivity (Wildman–Crippen MR) is 78.4 cm³/mol. The van der Waals surface area contributed by atoms with Crippen LogP contribution in [0.25, 0.3) is 0 Å². The van der Waals surface area contributed by atoms with Crippen LogP contribution in [0.3, 0.4) is 0 Å². The Labute approximate surface area is 121 Å². The van der Waals surface area contributed by atoms with E-state index in [0.717, 1.165) is 37.7 Å². The third-order valence-corrected chi connectivity index (χ3v) is 4.28. The van der Waals surface area contributed by atoms with E-state index in [1.54, 1.807) is 6.07 Å². The minimum absolute atomic E-state index is 0.0144. The molecule has 1 N–H and O–H groups in total. The van der Waals surface area contributed by atoms with Gasteiger partial charge >= 0.3 is 0 Å². The van der Waals surface area contributed by atoms with Gasteiger partial charge in [0.15, 0.2) is 0 Å². The van der Waals surface area contributed by atoms with Gasteiger partial charge in [0, 0.05) is 0 Å². The number of rotatable bonds is 9. The van der Waals surface area contributed by atoms with E-state index < -0.39 is 10.1 Å². The first-order valence-electron chi connectivity index (χ1n) is 7.08. The molecule has 0 saturated heterocycles. The zero-order valence-corrected chi connectivity index (χ0v) is 12.8. The molecule has 0 aliphatic carbocycles. The fourth-order valence-corrected chi connectivity index (χ4v) is 3.00. The van der Waals surface area contributed by atoms with Gasteiger partial charge in [0.05, 0.1) is 11.6 Å². The Hall–Kier alpha value is -0.940. The number of hydrogen-bond donors (Lipinski definition) is 1. The topological polar surface area (TPSA) is 54.4 Å². The molecule has 0 bridgehead atoms. The van der Waals surface area contributed by atoms with Crippen molar-refractivity contribution in [3.05, 3.63) is 29.3 Å². The summed E-state index contributed by atoms with van der Waals surface area (Å²) in [6, 6.07) is 4.96. The summed E-state index contributed by atoms with van der Waals surface area (Å²) in [5, 5.41) is 0. The van der Waals surface area contributed by atoms with Gasteiger partial charge in [0.1, 0.15) is 0 Å². The smallest absolute Gasteiger partial charge is 0.282 e. The third-order valence-electron chi connectivity index (χ3n) is 3.32. The van der Waals surface area contributed by atoms with Crippen LogP contribution in [0.5, 0.6) is 0 Å². The fourth-order valence-electron chi connectivity index (χ4n) is 2.27. The van der Waals surface area contributed by atoms with Crippen molar-refractivity contribution in [3.63, 3.8) is 0 Å². The highest BCUT2D eigenvalue weighted by Gasteiger charge is 2.14. The van der Waals surface area contributed by atoms with Gasteiger partial charge in [-0.05, 0) is 37.8 Å². The van der Waals surface area contributed by atoms with Crippen LogP contribution in [-0.2, 0) is 16.5 Å². The maximum Gasteiger partial charge on any atom is 0.294 e. The lowest BCUT2D eigenvalue weighted by Gasteiger charge is -2.08. The largest absolute Gasteiger partial charge is 0.294 e. The van der Waals surface area contributed by atoms with Gasteiger partial charge in [-0.25, -0.2) is 0 Å². The van der Waals surface area contributed by atoms with E-state index in [1.165, 1.54) is 6.07 Å². The zero-order chi connectivity index (χ0) is 15.0. The Morgan fingerprint density at radius 1 is 1.05 bits per heavy atom. The van der Waals surface area contributed by atoms with Crippen LogP contribution in [0.4, 0.5) is 4.39 Å². The molecule has 0 aromatic heterocycles. The van der Waals surface area contributed by atoms with Gasteiger partial charge in [0.25, 0.3) is 10.1 Å². The SMILES string of the molecule is Cc1ccc(S(=O)(=O)O)c(CCCCCCCCF)c1. The predicted octanol–water partition coefficient (Wildman–Crippen LogP) is 4.09. The van der Waals surface area contributed by atoms with Crippen molar-refractivity contribution in [2.45, 2.75) is 56.8 Å². The molecule has 3 nitrogen and oxygen atoms in total. The van der Waals surface area contributed by atoms with E-state index in [0.29, 0.717) is 18.4 Å². The van der Waals surface area contributed by atoms with Crippen LogP contribution in [0, 0.1) is 6.92 Å². The van der Waals surface area contributed by atoms with Crippen molar-refractivity contribution in [3.8, 4) is 0 Å². The molecular formula is C15H23FO3S. The molecule has 1 aromatic carbocycles. The normalized spacial score (nSPS) is 11.8. The van der Waals surface area contributed by atoms with Crippen LogP contribution in [0.2, 0.25) is 0 Å². The number of aryl methyl sites for hydroxylation is 2. The number of unbranched alkanes of at least 4 members (excludes halogenated alkanes) is 5. The summed E-state index contributed by atoms with van der Waals surface area (Å²) < 4.78 is 43.7. The van der Waals surface area contributed by atoms with E-state index >= 15 is 0 Å². The number of benzene rings is 1. The minimum Gasteiger partial charge on any atom is -0.282 e. The lowest BCUT2D eigenvalue weighted by atomic mass is 10.0. The maximum absolute atomic E-state index is 11.9. The van der Waals surface area contributed by atoms with Crippen molar-refractivity contribution < 1.29 is 17.4 Å². The Balaban J connectivity index is 2.49. The summed E-state index contributed by atoms with van der Waals surface area (Å²) >= 11 is 0. The van der Waals surface area contributed by atoms with Crippen LogP contribution < -0.4 is 0 Å². The molecule has 1 aromatic rings. The first kappa shape index (κ1) is 17.1. The van der Waals surface area contributed by atoms with Gasteiger partial charge < -0.3 is 0 Å². The summed E-state index contributed by atoms with van der Waals surface area (Å²) in [5.41, 5.74) is 1.66. The standard InChI is InChI=1S/C15H23FO3S/c1-13-9-10-15(20(17,18)19)14(12-13)8-6-4-2-3-5-7-11-16/h9-10,12H,2-8,11H2,1H3,(H,17,18,19). The lowest BCUT2D eigenvalue weighted by Crippen LogP contribution is -2.03. The summed E-state index contributed by atoms with van der Waals surface area (Å²) in [6.07, 6.45) is 6.10. The van der Waals surface area contributed by atoms with Crippen LogP contribution >= 0.6 is 0 Å². The lowest BCUT2D eigenvalue weighted by molar-refractivity contribution is 0.450. The second kappa shape index (κ2) is 8.37. The molecule has 0 fully saturated rings. The first-order valence-corrected chi connectivity index (χ1v) is 8.52. The van der Waals surface area contributed by atoms with Crippen LogP contribution in [-0.4, -0.2) is 19.6 Å². The van der Waals surface area contributed by atoms with Crippen molar-refractivity contribution in [2.75, 3.05) is 6.67 Å². The number of hydrogen-bond acceptors (Lipinski definition) is 2. The average molecular weight is 302 g/mol. The molecule has 0 saturated carbocycles. The monoisotopic (exact) mass is 302 g/mol. The van der Waals surface area contributed by atoms with Gasteiger partial charge in [0.2, 0.25) is 0 Å². The quantitative estimate of drug-likeness (QED) is 0.552. The Morgan fingerprint density at radius 2 is 1.65 bits per heavy atom. The van der Waals surface area contributed by atoms with Gasteiger partial charge in [-0.1, -0.05) is 43.4 Å². The summed E-state index contributed by atoms with van der Waals surface area (Å²) in [7, 11) is -4.15. The first-order chi connectivity index (χ1) is 9.45. The van der Waals surface area contributed by atoms with E-state index in [2.05, 4.69) is 0 Å². The average Bonchev–Trinajstić information content (AvgIpc) is 2.36. The highest BCUT2D eigenvalue weighted by molar-refractivity contribution is 7.85. The Bertz CT molecular complexity index is 512. The van der Waals surface area contributed by atoms with Crippen LogP contribution in [0.15, 0.2) is 23.1 Å². The van der Waals surface area contributed by atoms with Crippen molar-refractivity contribution in [2.24, 2.45) is 0 Å². The number of alkyl halides is 1. The Kier molecular flexibility index (Phi) is 7.16. The molecule has 0 unspecified atom stereocenters. The molecule has 0 atom stereocenters. The van der Waals surface area contributed by atoms with E-state index in [-0.39, 0.29) is 11.6 Å². The summed E-state index contributed by atoms with van der Waals surface area (Å²) in [5.74, 6) is 0. The molecule has 0 heterocycles. The second-order valence-electron chi connectivity index (χ2n) is 5.15. The maximum atomic E-state index is 11.9. The molecule has 0 spiro atoms. The molecule has 5 heteroatoms. The zero-order valence-electron chi connectivity index (χ0n) is 11.9. The second-order valence-corrected chi connectivity index (χ2v) is 6.54. The Morgan fingerprint density at radius 3 is 2.25 bits per heavy atom. The minimum atomic E-state index is -4.15. The molecule has 20 heavy (non-hydrogen) atoms. The highest BCUT2D eigenvalue weighted by Crippen LogP contribution is 2.20. The molecule has 1 rings (SSSR count). The third kappa shape index (κ3) is 6.01. The van der Waals surface area contributed by atoms with Crippen molar-refractivity contribution in [1.29, 1.82) is 0 Å². The van der Waals surface area contributed by atoms with Gasteiger partial charge in [-0.3, -0.25) is 8.94 Å². The van der Waals surface area contributed by atoms with Gasteiger partial charge in [-0.2, -0.15) is 8.42 Å². The summed E-state index contributed by atoms with van der Waals surface area (Å²) in [6.45, 7) is 1.65. The molecule has 0 aliphatic heterocycles. The van der Waals surface area contributed by atoms with Crippen molar-refractivity contribution in [1.82, 2.24) is 0 Å². The molecular weight excluding hydrogens is 279 g/mol. The molecule has 0 aliphatic rings. The molecule has 0 radical (unpaired) electrons. The molecule has 0 amide bonds. The fraction of sp³-hybridized carbons (Fsp3) is 0.600. The van der Waals surface area contributed by atoms with Gasteiger partial charge in [-0.15, -0.1) is 0 Å². The van der Waals surface area contributed by atoms with Crippen molar-refractivity contribution >= 4 is 10.1 Å². The highest BCUT2D eigenvalue weighted by atomic mass is 32.2. The van der Waals surface area contributed by atoms with Crippen LogP contribution in [0.1, 0.15) is 49.7 Å². The summed E-state index contributed by atoms with van der Waals surface area (Å²) in [4.78, 5) is 0.0144. The van der Waals surface area contributed by atoms with E-state index in [9.17, 15) is 17.4 Å². The van der Waals surface area contributed by atoms with E-state index in [1.807, 2.05) is 13.0 Å². The number of halogens is 1. The van der Waals surface area contributed by atoms with E-state index in [4.69, 9.17) is 0 Å².